The van der Waals surface area contributed by atoms with Crippen LogP contribution in [0.3, 0.4) is 0 Å². The second-order valence-corrected chi connectivity index (χ2v) is 5.79. The monoisotopic (exact) mass is 270 g/mol. The molecule has 1 aromatic heterocycles. The van der Waals surface area contributed by atoms with Crippen molar-refractivity contribution in [1.82, 2.24) is 9.47 Å². The van der Waals surface area contributed by atoms with Gasteiger partial charge in [0.25, 0.3) is 0 Å². The third-order valence-electron chi connectivity index (χ3n) is 4.44. The minimum absolute atomic E-state index is 0.256. The van der Waals surface area contributed by atoms with Crippen LogP contribution in [-0.2, 0) is 19.6 Å². The fourth-order valence-electron chi connectivity index (χ4n) is 3.48. The molecule has 2 heterocycles. The molecule has 0 saturated carbocycles. The largest absolute Gasteiger partial charge is 0.344 e. The van der Waals surface area contributed by atoms with Gasteiger partial charge in [-0.3, -0.25) is 9.69 Å². The molecule has 0 radical (unpaired) electrons. The predicted molar refractivity (Wildman–Crippen MR) is 82.1 cm³/mol. The van der Waals surface area contributed by atoms with Crippen LogP contribution in [0.25, 0.3) is 10.9 Å². The standard InChI is InChI=1S/C17H22N2O/c1-5-16(20)17-11(3)19(6-2)15-8-13-10-18(4)9-12(13)7-14(15)17/h7-8H,5-6,9-10H2,1-4H3. The number of carbonyl (C=O) groups excluding carboxylic acids is 1. The van der Waals surface area contributed by atoms with E-state index in [4.69, 9.17) is 0 Å². The Bertz CT molecular complexity index is 697. The van der Waals surface area contributed by atoms with Crippen LogP contribution in [0.4, 0.5) is 0 Å². The summed E-state index contributed by atoms with van der Waals surface area (Å²) in [5.74, 6) is 0.256. The molecule has 1 aromatic carbocycles. The zero-order valence-corrected chi connectivity index (χ0v) is 12.8. The molecule has 0 N–H and O–H groups in total. The van der Waals surface area contributed by atoms with Crippen molar-refractivity contribution in [2.45, 2.75) is 46.8 Å². The summed E-state index contributed by atoms with van der Waals surface area (Å²) in [4.78, 5) is 14.6. The number of aromatic nitrogens is 1. The van der Waals surface area contributed by atoms with E-state index in [9.17, 15) is 4.79 Å². The molecule has 20 heavy (non-hydrogen) atoms. The molecule has 0 amide bonds. The Kier molecular flexibility index (Phi) is 3.17. The summed E-state index contributed by atoms with van der Waals surface area (Å²) in [6.07, 6.45) is 0.570. The highest BCUT2D eigenvalue weighted by Crippen LogP contribution is 2.33. The van der Waals surface area contributed by atoms with Crippen LogP contribution >= 0.6 is 0 Å². The number of carbonyl (C=O) groups is 1. The molecule has 106 valence electrons. The molecule has 1 aliphatic rings. The first kappa shape index (κ1) is 13.4. The van der Waals surface area contributed by atoms with Crippen LogP contribution in [0.15, 0.2) is 12.1 Å². The van der Waals surface area contributed by atoms with Crippen LogP contribution in [-0.4, -0.2) is 22.3 Å². The van der Waals surface area contributed by atoms with Crippen molar-refractivity contribution in [2.75, 3.05) is 7.05 Å². The van der Waals surface area contributed by atoms with Gasteiger partial charge in [-0.25, -0.2) is 0 Å². The highest BCUT2D eigenvalue weighted by atomic mass is 16.1. The number of nitrogens with zero attached hydrogens (tertiary/aromatic N) is 2. The van der Waals surface area contributed by atoms with Crippen LogP contribution in [0.5, 0.6) is 0 Å². The van der Waals surface area contributed by atoms with Crippen molar-refractivity contribution >= 4 is 16.7 Å². The summed E-state index contributed by atoms with van der Waals surface area (Å²) in [5.41, 5.74) is 6.05. The topological polar surface area (TPSA) is 25.2 Å². The minimum atomic E-state index is 0.256. The van der Waals surface area contributed by atoms with Crippen LogP contribution in [0, 0.1) is 6.92 Å². The molecule has 0 unspecified atom stereocenters. The lowest BCUT2D eigenvalue weighted by Gasteiger charge is -2.05. The van der Waals surface area contributed by atoms with E-state index in [-0.39, 0.29) is 5.78 Å². The molecule has 0 atom stereocenters. The molecule has 2 aromatic rings. The summed E-state index contributed by atoms with van der Waals surface area (Å²) in [7, 11) is 2.14. The van der Waals surface area contributed by atoms with Crippen molar-refractivity contribution in [3.63, 3.8) is 0 Å². The van der Waals surface area contributed by atoms with Crippen molar-refractivity contribution in [1.29, 1.82) is 0 Å². The number of fused-ring (bicyclic) bond motifs is 2. The molecular formula is C17H22N2O. The Morgan fingerprint density at radius 2 is 1.85 bits per heavy atom. The molecule has 3 rings (SSSR count). The Hall–Kier alpha value is -1.61. The van der Waals surface area contributed by atoms with Gasteiger partial charge in [-0.05, 0) is 44.2 Å². The molecule has 0 spiro atoms. The number of hydrogen-bond donors (Lipinski definition) is 0. The quantitative estimate of drug-likeness (QED) is 0.797. The van der Waals surface area contributed by atoms with E-state index < -0.39 is 0 Å². The second-order valence-electron chi connectivity index (χ2n) is 5.79. The van der Waals surface area contributed by atoms with Gasteiger partial charge >= 0.3 is 0 Å². The number of hydrogen-bond acceptors (Lipinski definition) is 2. The van der Waals surface area contributed by atoms with Crippen LogP contribution in [0.1, 0.15) is 47.4 Å². The third kappa shape index (κ3) is 1.80. The first-order valence-electron chi connectivity index (χ1n) is 7.43. The number of aryl methyl sites for hydroxylation is 1. The fraction of sp³-hybridized carbons (Fsp3) is 0.471. The van der Waals surface area contributed by atoms with Crippen molar-refractivity contribution in [2.24, 2.45) is 0 Å². The molecule has 3 heteroatoms. The average Bonchev–Trinajstić information content (AvgIpc) is 2.90. The molecule has 0 saturated heterocycles. The summed E-state index contributed by atoms with van der Waals surface area (Å²) in [6.45, 7) is 9.07. The predicted octanol–water partition coefficient (Wildman–Crippen LogP) is 3.51. The molecule has 1 aliphatic heterocycles. The van der Waals surface area contributed by atoms with Gasteiger partial charge in [0, 0.05) is 48.2 Å². The lowest BCUT2D eigenvalue weighted by atomic mass is 10.0. The van der Waals surface area contributed by atoms with E-state index in [1.54, 1.807) is 0 Å². The normalized spacial score (nSPS) is 15.0. The van der Waals surface area contributed by atoms with E-state index in [1.165, 1.54) is 16.6 Å². The van der Waals surface area contributed by atoms with Gasteiger partial charge in [0.05, 0.1) is 0 Å². The van der Waals surface area contributed by atoms with Crippen molar-refractivity contribution in [3.8, 4) is 0 Å². The maximum atomic E-state index is 12.3. The maximum absolute atomic E-state index is 12.3. The minimum Gasteiger partial charge on any atom is -0.344 e. The SMILES string of the molecule is CCC(=O)c1c(C)n(CC)c2cc3c(cc12)CN(C)C3. The second kappa shape index (κ2) is 4.74. The number of ketones is 1. The molecule has 0 aliphatic carbocycles. The lowest BCUT2D eigenvalue weighted by molar-refractivity contribution is 0.0989. The van der Waals surface area contributed by atoms with Gasteiger partial charge in [-0.2, -0.15) is 0 Å². The Morgan fingerprint density at radius 3 is 2.45 bits per heavy atom. The lowest BCUT2D eigenvalue weighted by Crippen LogP contribution is -2.07. The smallest absolute Gasteiger partial charge is 0.165 e. The van der Waals surface area contributed by atoms with Crippen molar-refractivity contribution in [3.05, 3.63) is 34.5 Å². The Morgan fingerprint density at radius 1 is 1.20 bits per heavy atom. The Labute approximate surface area is 120 Å². The van der Waals surface area contributed by atoms with Gasteiger partial charge in [0.1, 0.15) is 0 Å². The first-order chi connectivity index (χ1) is 9.56. The molecule has 0 fully saturated rings. The van der Waals surface area contributed by atoms with Crippen LogP contribution < -0.4 is 0 Å². The number of benzene rings is 1. The van der Waals surface area contributed by atoms with Gasteiger partial charge in [-0.15, -0.1) is 0 Å². The highest BCUT2D eigenvalue weighted by Gasteiger charge is 2.22. The van der Waals surface area contributed by atoms with Crippen molar-refractivity contribution < 1.29 is 4.79 Å². The molecule has 3 nitrogen and oxygen atoms in total. The third-order valence-corrected chi connectivity index (χ3v) is 4.44. The average molecular weight is 270 g/mol. The number of Topliss-reactive ketones (excluding diaryl/α,β-unsaturated/α-hetero) is 1. The summed E-state index contributed by atoms with van der Waals surface area (Å²) < 4.78 is 2.27. The fourth-order valence-corrected chi connectivity index (χ4v) is 3.48. The van der Waals surface area contributed by atoms with E-state index in [0.29, 0.717) is 6.42 Å². The molecule has 0 bridgehead atoms. The van der Waals surface area contributed by atoms with E-state index in [0.717, 1.165) is 36.3 Å². The van der Waals surface area contributed by atoms with Crippen LogP contribution in [0.2, 0.25) is 0 Å². The zero-order valence-electron chi connectivity index (χ0n) is 12.8. The van der Waals surface area contributed by atoms with Gasteiger partial charge in [0.2, 0.25) is 0 Å². The Balaban J connectivity index is 2.32. The van der Waals surface area contributed by atoms with Gasteiger partial charge in [0.15, 0.2) is 5.78 Å². The summed E-state index contributed by atoms with van der Waals surface area (Å²) >= 11 is 0. The van der Waals surface area contributed by atoms with Gasteiger partial charge < -0.3 is 4.57 Å². The van der Waals surface area contributed by atoms with E-state index in [2.05, 4.69) is 42.5 Å². The van der Waals surface area contributed by atoms with E-state index >= 15 is 0 Å². The summed E-state index contributed by atoms with van der Waals surface area (Å²) in [5, 5.41) is 1.14. The van der Waals surface area contributed by atoms with E-state index in [1.807, 2.05) is 6.92 Å². The summed E-state index contributed by atoms with van der Waals surface area (Å²) in [6, 6.07) is 4.54. The number of rotatable bonds is 3. The molecular weight excluding hydrogens is 248 g/mol. The highest BCUT2D eigenvalue weighted by molar-refractivity contribution is 6.09. The van der Waals surface area contributed by atoms with Gasteiger partial charge in [-0.1, -0.05) is 6.92 Å². The maximum Gasteiger partial charge on any atom is 0.165 e. The zero-order chi connectivity index (χ0) is 14.4. The first-order valence-corrected chi connectivity index (χ1v) is 7.43.